The molecule has 0 aliphatic carbocycles. The second-order valence-corrected chi connectivity index (χ2v) is 3.98. The molecule has 0 aromatic carbocycles. The molecule has 0 unspecified atom stereocenters. The Balaban J connectivity index is 2.41. The molecule has 0 spiro atoms. The van der Waals surface area contributed by atoms with Crippen molar-refractivity contribution in [3.05, 3.63) is 0 Å². The van der Waals surface area contributed by atoms with Gasteiger partial charge in [-0.1, -0.05) is 0 Å². The Bertz CT molecular complexity index is 84.9. The van der Waals surface area contributed by atoms with E-state index in [0.29, 0.717) is 0 Å². The van der Waals surface area contributed by atoms with Gasteiger partial charge >= 0.3 is 0 Å². The minimum Gasteiger partial charge on any atom is -0.299 e. The fourth-order valence-corrected chi connectivity index (χ4v) is 2.37. The van der Waals surface area contributed by atoms with Crippen molar-refractivity contribution < 1.29 is 0 Å². The molecule has 0 saturated carbocycles. The zero-order chi connectivity index (χ0) is 6.85. The molecular weight excluding hydrogens is 130 g/mol. The summed E-state index contributed by atoms with van der Waals surface area (Å²) in [5, 5.41) is 0. The highest BCUT2D eigenvalue weighted by Gasteiger charge is 2.20. The van der Waals surface area contributed by atoms with Crippen molar-refractivity contribution in [2.45, 2.75) is 25.9 Å². The van der Waals surface area contributed by atoms with Gasteiger partial charge in [-0.3, -0.25) is 4.90 Å². The number of nitrogens with zero attached hydrogens (tertiary/aromatic N) is 1. The van der Waals surface area contributed by atoms with E-state index in [-0.39, 0.29) is 0 Å². The first kappa shape index (κ1) is 7.42. The van der Waals surface area contributed by atoms with E-state index in [0.717, 1.165) is 12.1 Å². The van der Waals surface area contributed by atoms with E-state index in [1.54, 1.807) is 0 Å². The van der Waals surface area contributed by atoms with Crippen LogP contribution in [0.2, 0.25) is 0 Å². The Kier molecular flexibility index (Phi) is 2.42. The first-order valence-electron chi connectivity index (χ1n) is 3.51. The molecule has 2 heteroatoms. The molecule has 1 nitrogen and oxygen atoms in total. The lowest BCUT2D eigenvalue weighted by Crippen LogP contribution is -2.43. The molecule has 0 radical (unpaired) electrons. The highest BCUT2D eigenvalue weighted by atomic mass is 32.2. The van der Waals surface area contributed by atoms with Gasteiger partial charge in [0.1, 0.15) is 0 Å². The van der Waals surface area contributed by atoms with Gasteiger partial charge in [-0.05, 0) is 20.9 Å². The monoisotopic (exact) mass is 145 g/mol. The maximum Gasteiger partial charge on any atom is 0.0158 e. The summed E-state index contributed by atoms with van der Waals surface area (Å²) < 4.78 is 0. The Labute approximate surface area is 61.8 Å². The number of thioether (sulfide) groups is 1. The molecule has 0 N–H and O–H groups in total. The van der Waals surface area contributed by atoms with Crippen LogP contribution >= 0.6 is 11.8 Å². The van der Waals surface area contributed by atoms with Crippen LogP contribution in [0, 0.1) is 0 Å². The van der Waals surface area contributed by atoms with E-state index in [4.69, 9.17) is 0 Å². The molecule has 1 fully saturated rings. The summed E-state index contributed by atoms with van der Waals surface area (Å²) in [4.78, 5) is 2.45. The van der Waals surface area contributed by atoms with Crippen molar-refractivity contribution in [3.63, 3.8) is 0 Å². The van der Waals surface area contributed by atoms with Crippen molar-refractivity contribution in [2.24, 2.45) is 0 Å². The summed E-state index contributed by atoms with van der Waals surface area (Å²) in [7, 11) is 2.22. The fourth-order valence-electron chi connectivity index (χ4n) is 1.08. The predicted octanol–water partition coefficient (Wildman–Crippen LogP) is 1.44. The Hall–Kier alpha value is 0.310. The third kappa shape index (κ3) is 1.62. The highest BCUT2D eigenvalue weighted by molar-refractivity contribution is 7.99. The smallest absolute Gasteiger partial charge is 0.0158 e. The van der Waals surface area contributed by atoms with Gasteiger partial charge in [0.05, 0.1) is 0 Å². The molecule has 9 heavy (non-hydrogen) atoms. The van der Waals surface area contributed by atoms with Gasteiger partial charge in [-0.15, -0.1) is 0 Å². The third-order valence-electron chi connectivity index (χ3n) is 2.11. The molecule has 54 valence electrons. The van der Waals surface area contributed by atoms with Gasteiger partial charge < -0.3 is 0 Å². The average molecular weight is 145 g/mol. The molecule has 1 aliphatic rings. The Morgan fingerprint density at radius 2 is 1.67 bits per heavy atom. The molecule has 0 bridgehead atoms. The lowest BCUT2D eigenvalue weighted by atomic mass is 10.2. The van der Waals surface area contributed by atoms with Gasteiger partial charge in [0.25, 0.3) is 0 Å². The molecule has 1 heterocycles. The van der Waals surface area contributed by atoms with Crippen LogP contribution in [0.3, 0.4) is 0 Å². The predicted molar refractivity (Wildman–Crippen MR) is 44.0 cm³/mol. The third-order valence-corrected chi connectivity index (χ3v) is 3.54. The first-order valence-corrected chi connectivity index (χ1v) is 4.67. The average Bonchev–Trinajstić information content (AvgIpc) is 1.83. The van der Waals surface area contributed by atoms with E-state index in [9.17, 15) is 0 Å². The first-order chi connectivity index (χ1) is 4.22. The van der Waals surface area contributed by atoms with Crippen molar-refractivity contribution in [1.82, 2.24) is 4.90 Å². The lowest BCUT2D eigenvalue weighted by molar-refractivity contribution is 0.220. The molecule has 1 rings (SSSR count). The van der Waals surface area contributed by atoms with E-state index < -0.39 is 0 Å². The summed E-state index contributed by atoms with van der Waals surface area (Å²) in [6.07, 6.45) is 0. The normalized spacial score (nSPS) is 39.0. The largest absolute Gasteiger partial charge is 0.299 e. The second-order valence-electron chi connectivity index (χ2n) is 2.90. The minimum absolute atomic E-state index is 0.777. The van der Waals surface area contributed by atoms with Crippen LogP contribution in [0.4, 0.5) is 0 Å². The maximum absolute atomic E-state index is 2.45. The van der Waals surface area contributed by atoms with Crippen LogP contribution in [-0.4, -0.2) is 35.5 Å². The molecule has 2 atom stereocenters. The van der Waals surface area contributed by atoms with Crippen molar-refractivity contribution >= 4 is 11.8 Å². The van der Waals surface area contributed by atoms with E-state index >= 15 is 0 Å². The molecule has 0 aromatic rings. The molecule has 1 aliphatic heterocycles. The fraction of sp³-hybridized carbons (Fsp3) is 1.00. The highest BCUT2D eigenvalue weighted by Crippen LogP contribution is 2.18. The zero-order valence-electron chi connectivity index (χ0n) is 6.42. The number of hydrogen-bond acceptors (Lipinski definition) is 2. The van der Waals surface area contributed by atoms with Crippen molar-refractivity contribution in [2.75, 3.05) is 18.6 Å². The van der Waals surface area contributed by atoms with Gasteiger partial charge in [0, 0.05) is 23.6 Å². The number of rotatable bonds is 0. The lowest BCUT2D eigenvalue weighted by Gasteiger charge is -2.35. The van der Waals surface area contributed by atoms with E-state index in [2.05, 4.69) is 37.6 Å². The molecule has 0 amide bonds. The van der Waals surface area contributed by atoms with E-state index in [1.165, 1.54) is 11.5 Å². The molecular formula is C7H15NS. The quantitative estimate of drug-likeness (QED) is 0.507. The maximum atomic E-state index is 2.45. The standard InChI is InChI=1S/C7H15NS/c1-6-4-9-5-7(2)8(6)3/h6-7H,4-5H2,1-3H3/t6-,7-/m1/s1. The van der Waals surface area contributed by atoms with Crippen LogP contribution in [0.5, 0.6) is 0 Å². The summed E-state index contributed by atoms with van der Waals surface area (Å²) >= 11 is 2.07. The van der Waals surface area contributed by atoms with Crippen LogP contribution in [0.25, 0.3) is 0 Å². The Morgan fingerprint density at radius 1 is 1.22 bits per heavy atom. The minimum atomic E-state index is 0.777. The van der Waals surface area contributed by atoms with Crippen LogP contribution in [0.1, 0.15) is 13.8 Å². The van der Waals surface area contributed by atoms with E-state index in [1.807, 2.05) is 0 Å². The van der Waals surface area contributed by atoms with Gasteiger partial charge in [0.2, 0.25) is 0 Å². The summed E-state index contributed by atoms with van der Waals surface area (Å²) in [6.45, 7) is 4.59. The number of hydrogen-bond donors (Lipinski definition) is 0. The summed E-state index contributed by atoms with van der Waals surface area (Å²) in [5.74, 6) is 2.61. The SMILES string of the molecule is C[C@@H]1CSC[C@@H](C)N1C. The van der Waals surface area contributed by atoms with Gasteiger partial charge in [-0.2, -0.15) is 11.8 Å². The topological polar surface area (TPSA) is 3.24 Å². The second kappa shape index (κ2) is 2.93. The molecule has 1 saturated heterocycles. The zero-order valence-corrected chi connectivity index (χ0v) is 7.24. The van der Waals surface area contributed by atoms with Gasteiger partial charge in [0.15, 0.2) is 0 Å². The van der Waals surface area contributed by atoms with Crippen molar-refractivity contribution in [3.8, 4) is 0 Å². The van der Waals surface area contributed by atoms with Crippen LogP contribution in [0.15, 0.2) is 0 Å². The van der Waals surface area contributed by atoms with Crippen molar-refractivity contribution in [1.29, 1.82) is 0 Å². The Morgan fingerprint density at radius 3 is 2.00 bits per heavy atom. The summed E-state index contributed by atoms with van der Waals surface area (Å²) in [6, 6.07) is 1.55. The van der Waals surface area contributed by atoms with Gasteiger partial charge in [-0.25, -0.2) is 0 Å². The summed E-state index contributed by atoms with van der Waals surface area (Å²) in [5.41, 5.74) is 0. The molecule has 0 aromatic heterocycles. The van der Waals surface area contributed by atoms with Crippen LogP contribution in [-0.2, 0) is 0 Å². The van der Waals surface area contributed by atoms with Crippen LogP contribution < -0.4 is 0 Å².